The van der Waals surface area contributed by atoms with Crippen LogP contribution in [-0.2, 0) is 0 Å². The van der Waals surface area contributed by atoms with E-state index in [9.17, 15) is 0 Å². The highest BCUT2D eigenvalue weighted by Crippen LogP contribution is 2.40. The van der Waals surface area contributed by atoms with Crippen LogP contribution in [0.2, 0.25) is 0 Å². The van der Waals surface area contributed by atoms with Crippen molar-refractivity contribution >= 4 is 0 Å². The molecule has 30 heavy (non-hydrogen) atoms. The number of hydrogen-bond acceptors (Lipinski definition) is 0. The highest BCUT2D eigenvalue weighted by Gasteiger charge is 2.28. The van der Waals surface area contributed by atoms with Crippen LogP contribution in [0.25, 0.3) is 0 Å². The van der Waals surface area contributed by atoms with Gasteiger partial charge >= 0.3 is 0 Å². The Hall–Kier alpha value is -1.04. The summed E-state index contributed by atoms with van der Waals surface area (Å²) in [7, 11) is 0. The van der Waals surface area contributed by atoms with Crippen molar-refractivity contribution < 1.29 is 0 Å². The Morgan fingerprint density at radius 3 is 2.23 bits per heavy atom. The van der Waals surface area contributed by atoms with E-state index in [-0.39, 0.29) is 0 Å². The Morgan fingerprint density at radius 1 is 0.933 bits per heavy atom. The van der Waals surface area contributed by atoms with E-state index in [1.54, 1.807) is 11.1 Å². The van der Waals surface area contributed by atoms with Crippen LogP contribution in [0.15, 0.2) is 47.6 Å². The third-order valence-corrected chi connectivity index (χ3v) is 7.99. The molecule has 0 N–H and O–H groups in total. The molecule has 0 nitrogen and oxygen atoms in total. The summed E-state index contributed by atoms with van der Waals surface area (Å²) in [5.74, 6) is 3.57. The van der Waals surface area contributed by atoms with Crippen LogP contribution in [-0.4, -0.2) is 0 Å². The molecule has 0 heterocycles. The molecule has 0 aromatic carbocycles. The van der Waals surface area contributed by atoms with Gasteiger partial charge in [-0.1, -0.05) is 102 Å². The minimum atomic E-state index is 0.321. The summed E-state index contributed by atoms with van der Waals surface area (Å²) < 4.78 is 0. The van der Waals surface area contributed by atoms with Gasteiger partial charge in [-0.15, -0.1) is 0 Å². The summed E-state index contributed by atoms with van der Waals surface area (Å²) in [6.45, 7) is 21.0. The summed E-state index contributed by atoms with van der Waals surface area (Å²) in [4.78, 5) is 0. The first-order chi connectivity index (χ1) is 14.1. The molecule has 2 aliphatic carbocycles. The highest BCUT2D eigenvalue weighted by atomic mass is 14.3. The van der Waals surface area contributed by atoms with Crippen LogP contribution in [0, 0.1) is 35.0 Å². The second kappa shape index (κ2) is 11.5. The Balaban J connectivity index is 2.03. The molecule has 0 heteroatoms. The van der Waals surface area contributed by atoms with E-state index in [4.69, 9.17) is 0 Å². The van der Waals surface area contributed by atoms with Gasteiger partial charge in [0, 0.05) is 0 Å². The smallest absolute Gasteiger partial charge is 0.0147 e. The van der Waals surface area contributed by atoms with Crippen molar-refractivity contribution in [3.05, 3.63) is 47.6 Å². The van der Waals surface area contributed by atoms with Crippen LogP contribution in [0.3, 0.4) is 0 Å². The normalized spacial score (nSPS) is 31.1. The van der Waals surface area contributed by atoms with Crippen molar-refractivity contribution in [1.82, 2.24) is 0 Å². The van der Waals surface area contributed by atoms with Crippen LogP contribution in [0.4, 0.5) is 0 Å². The summed E-state index contributed by atoms with van der Waals surface area (Å²) in [5.41, 5.74) is 5.10. The zero-order valence-electron chi connectivity index (χ0n) is 21.3. The Bertz CT molecular complexity index is 623. The molecule has 2 aliphatic rings. The maximum absolute atomic E-state index is 4.31. The molecule has 0 aromatic heterocycles. The first-order valence-electron chi connectivity index (χ1n) is 12.8. The Kier molecular flexibility index (Phi) is 9.70. The molecule has 0 aliphatic heterocycles. The van der Waals surface area contributed by atoms with E-state index >= 15 is 0 Å². The molecular formula is C30H50. The van der Waals surface area contributed by atoms with Gasteiger partial charge in [0.05, 0.1) is 0 Å². The van der Waals surface area contributed by atoms with Crippen LogP contribution in [0.1, 0.15) is 106 Å². The zero-order chi connectivity index (χ0) is 22.3. The van der Waals surface area contributed by atoms with E-state index in [1.165, 1.54) is 63.4 Å². The SMILES string of the molecule is C=C1C(C)CC(=CC=C2CCCCC(C(C)(C)C=CCC(C)C)CCC2C)CC1C. The van der Waals surface area contributed by atoms with Gasteiger partial charge in [-0.3, -0.25) is 0 Å². The van der Waals surface area contributed by atoms with Gasteiger partial charge in [0.25, 0.3) is 0 Å². The zero-order valence-corrected chi connectivity index (χ0v) is 21.3. The van der Waals surface area contributed by atoms with Crippen molar-refractivity contribution in [3.8, 4) is 0 Å². The van der Waals surface area contributed by atoms with Gasteiger partial charge in [-0.25, -0.2) is 0 Å². The maximum Gasteiger partial charge on any atom is -0.0147 e. The molecule has 0 saturated heterocycles. The van der Waals surface area contributed by atoms with Crippen LogP contribution in [0.5, 0.6) is 0 Å². The Labute approximate surface area is 189 Å². The fourth-order valence-corrected chi connectivity index (χ4v) is 5.50. The van der Waals surface area contributed by atoms with Gasteiger partial charge in [-0.05, 0) is 86.4 Å². The summed E-state index contributed by atoms with van der Waals surface area (Å²) in [6.07, 6.45) is 21.7. The maximum atomic E-state index is 4.31. The largest absolute Gasteiger partial charge is 0.0993 e. The molecule has 0 bridgehead atoms. The van der Waals surface area contributed by atoms with Crippen LogP contribution < -0.4 is 0 Å². The first-order valence-corrected chi connectivity index (χ1v) is 12.8. The number of allylic oxidation sites excluding steroid dienone is 7. The van der Waals surface area contributed by atoms with Crippen molar-refractivity contribution in [3.63, 3.8) is 0 Å². The molecular weight excluding hydrogens is 360 g/mol. The molecule has 2 fully saturated rings. The molecule has 0 spiro atoms. The summed E-state index contributed by atoms with van der Waals surface area (Å²) >= 11 is 0. The molecule has 4 atom stereocenters. The lowest BCUT2D eigenvalue weighted by atomic mass is 9.73. The second-order valence-corrected chi connectivity index (χ2v) is 11.6. The quantitative estimate of drug-likeness (QED) is 0.396. The highest BCUT2D eigenvalue weighted by molar-refractivity contribution is 5.25. The molecule has 0 radical (unpaired) electrons. The molecule has 170 valence electrons. The minimum absolute atomic E-state index is 0.321. The summed E-state index contributed by atoms with van der Waals surface area (Å²) in [5, 5.41) is 0. The van der Waals surface area contributed by atoms with E-state index in [2.05, 4.69) is 79.3 Å². The lowest BCUT2D eigenvalue weighted by Crippen LogP contribution is -2.22. The average Bonchev–Trinajstić information content (AvgIpc) is 2.75. The van der Waals surface area contributed by atoms with E-state index < -0.39 is 0 Å². The topological polar surface area (TPSA) is 0 Å². The molecule has 0 aromatic rings. The van der Waals surface area contributed by atoms with Crippen molar-refractivity contribution in [2.75, 3.05) is 0 Å². The van der Waals surface area contributed by atoms with Gasteiger partial charge in [-0.2, -0.15) is 0 Å². The lowest BCUT2D eigenvalue weighted by molar-refractivity contribution is 0.235. The molecule has 2 rings (SSSR count). The monoisotopic (exact) mass is 410 g/mol. The fourth-order valence-electron chi connectivity index (χ4n) is 5.50. The fraction of sp³-hybridized carbons (Fsp3) is 0.733. The summed E-state index contributed by atoms with van der Waals surface area (Å²) in [6, 6.07) is 0. The number of rotatable bonds is 5. The first kappa shape index (κ1) is 25.2. The predicted octanol–water partition coefficient (Wildman–Crippen LogP) is 9.70. The van der Waals surface area contributed by atoms with Crippen molar-refractivity contribution in [2.24, 2.45) is 35.0 Å². The van der Waals surface area contributed by atoms with Gasteiger partial charge in [0.1, 0.15) is 0 Å². The lowest BCUT2D eigenvalue weighted by Gasteiger charge is -2.32. The Morgan fingerprint density at radius 2 is 1.60 bits per heavy atom. The van der Waals surface area contributed by atoms with Crippen molar-refractivity contribution in [2.45, 2.75) is 106 Å². The molecule has 0 amide bonds. The van der Waals surface area contributed by atoms with Crippen molar-refractivity contribution in [1.29, 1.82) is 0 Å². The van der Waals surface area contributed by atoms with Gasteiger partial charge < -0.3 is 0 Å². The van der Waals surface area contributed by atoms with E-state index in [0.717, 1.165) is 11.8 Å². The van der Waals surface area contributed by atoms with Crippen LogP contribution >= 0.6 is 0 Å². The molecule has 4 unspecified atom stereocenters. The third-order valence-electron chi connectivity index (χ3n) is 7.99. The van der Waals surface area contributed by atoms with E-state index in [1.807, 2.05) is 0 Å². The second-order valence-electron chi connectivity index (χ2n) is 11.6. The van der Waals surface area contributed by atoms with Gasteiger partial charge in [0.15, 0.2) is 0 Å². The predicted molar refractivity (Wildman–Crippen MR) is 136 cm³/mol. The average molecular weight is 411 g/mol. The molecule has 2 saturated carbocycles. The standard InChI is InChI=1S/C30H50/c1-22(2)12-11-19-30(7,8)29-14-10-9-13-28(23(3)15-18-29)17-16-27-20-24(4)26(6)25(5)21-27/h11,16-17,19,22-25,29H,6,9-10,12-15,18,20-21H2,1-5,7-8H3. The minimum Gasteiger partial charge on any atom is -0.0993 e. The van der Waals surface area contributed by atoms with Gasteiger partial charge in [0.2, 0.25) is 0 Å². The number of hydrogen-bond donors (Lipinski definition) is 0. The third kappa shape index (κ3) is 7.58. The van der Waals surface area contributed by atoms with E-state index in [0.29, 0.717) is 23.2 Å².